The van der Waals surface area contributed by atoms with Crippen molar-refractivity contribution in [2.24, 2.45) is 0 Å². The maximum Gasteiger partial charge on any atom is 0.405 e. The van der Waals surface area contributed by atoms with Gasteiger partial charge in [-0.15, -0.1) is 4.31 Å². The molecule has 0 fully saturated rings. The van der Waals surface area contributed by atoms with Gasteiger partial charge in [0.2, 0.25) is 0 Å². The van der Waals surface area contributed by atoms with Crippen molar-refractivity contribution in [3.8, 4) is 22.4 Å². The third kappa shape index (κ3) is 8.73. The van der Waals surface area contributed by atoms with Crippen molar-refractivity contribution in [2.75, 3.05) is 13.2 Å². The van der Waals surface area contributed by atoms with E-state index in [-0.39, 0.29) is 17.3 Å². The molecular weight excluding hydrogens is 738 g/mol. The van der Waals surface area contributed by atoms with E-state index in [4.69, 9.17) is 9.41 Å². The van der Waals surface area contributed by atoms with Gasteiger partial charge in [-0.3, -0.25) is 9.78 Å². The fourth-order valence-electron chi connectivity index (χ4n) is 7.42. The molecule has 3 heterocycles. The molecule has 0 spiro atoms. The van der Waals surface area contributed by atoms with Crippen molar-refractivity contribution in [2.45, 2.75) is 76.5 Å². The summed E-state index contributed by atoms with van der Waals surface area (Å²) in [6.07, 6.45) is -0.717. The molecule has 288 valence electrons. The molecule has 7 nitrogen and oxygen atoms in total. The molecule has 0 aliphatic carbocycles. The Morgan fingerprint density at radius 2 is 1.49 bits per heavy atom. The van der Waals surface area contributed by atoms with Crippen LogP contribution in [0.4, 0.5) is 13.2 Å². The van der Waals surface area contributed by atoms with Crippen LogP contribution in [0.25, 0.3) is 22.4 Å². The summed E-state index contributed by atoms with van der Waals surface area (Å²) in [5.74, 6) is -0.938. The number of carbonyl (C=O) groups excluding carboxylic acids is 1. The van der Waals surface area contributed by atoms with E-state index in [0.29, 0.717) is 29.8 Å². The van der Waals surface area contributed by atoms with Crippen LogP contribution in [0, 0.1) is 0 Å². The van der Waals surface area contributed by atoms with E-state index in [0.717, 1.165) is 27.1 Å². The predicted octanol–water partition coefficient (Wildman–Crippen LogP) is 8.39. The average molecular weight is 785 g/mol. The number of rotatable bonds is 11. The van der Waals surface area contributed by atoms with Crippen LogP contribution in [0.2, 0.25) is 5.04 Å². The van der Waals surface area contributed by atoms with Crippen LogP contribution >= 0.6 is 0 Å². The second-order valence-corrected chi connectivity index (χ2v) is 22.3. The second-order valence-electron chi connectivity index (χ2n) is 15.8. The first-order valence-electron chi connectivity index (χ1n) is 18.3. The number of benzene rings is 3. The molecule has 12 heteroatoms. The summed E-state index contributed by atoms with van der Waals surface area (Å²) in [6, 6.07) is 33.2. The molecular formula is C43H47F3N4O3SSi. The van der Waals surface area contributed by atoms with E-state index in [1.165, 1.54) is 0 Å². The molecule has 6 rings (SSSR count). The summed E-state index contributed by atoms with van der Waals surface area (Å²) in [6.45, 7) is 11.4. The Morgan fingerprint density at radius 3 is 2.05 bits per heavy atom. The first kappa shape index (κ1) is 40.3. The van der Waals surface area contributed by atoms with Crippen molar-refractivity contribution in [3.05, 3.63) is 132 Å². The maximum atomic E-state index is 14.4. The van der Waals surface area contributed by atoms with Gasteiger partial charge in [0.1, 0.15) is 17.0 Å². The largest absolute Gasteiger partial charge is 0.597 e. The van der Waals surface area contributed by atoms with Gasteiger partial charge < -0.3 is 14.3 Å². The van der Waals surface area contributed by atoms with Gasteiger partial charge in [0.15, 0.2) is 0 Å². The number of aromatic nitrogens is 2. The number of nitrogens with one attached hydrogen (secondary N) is 1. The van der Waals surface area contributed by atoms with Gasteiger partial charge in [-0.25, -0.2) is 4.98 Å². The fraction of sp³-hybridized carbons (Fsp3) is 0.326. The van der Waals surface area contributed by atoms with Crippen LogP contribution < -0.4 is 15.7 Å². The Bertz CT molecular complexity index is 2050. The SMILES string of the molecule is CC(C)(C)[S+]([O-])N1Cc2cc(C(=O)NCC(F)(F)F)nc(-c3cccc(-c4cccnc4)c3)c2C1CCO[Si](c1ccccc1)(c1ccccc1)C(C)(C)C. The minimum Gasteiger partial charge on any atom is -0.597 e. The number of fused-ring (bicyclic) bond motifs is 1. The van der Waals surface area contributed by atoms with E-state index in [1.54, 1.807) is 18.5 Å². The zero-order chi connectivity index (χ0) is 39.6. The quantitative estimate of drug-likeness (QED) is 0.107. The standard InChI is InChI=1S/C43H47F3N4O3SSi/c1-41(2,3)54(52)50-28-33-26-36(40(51)48-29-43(44,45)46)49-39(31-16-13-15-30(25-31)32-17-14-23-47-27-32)38(33)37(50)22-24-53-55(42(4,5)6,34-18-9-7-10-19-34)35-20-11-8-12-21-35/h7-21,23,25-27,37H,22,24,28-29H2,1-6H3,(H,48,51). The number of pyridine rings is 2. The lowest BCUT2D eigenvalue weighted by Gasteiger charge is -2.43. The van der Waals surface area contributed by atoms with Gasteiger partial charge in [0.25, 0.3) is 14.2 Å². The monoisotopic (exact) mass is 784 g/mol. The van der Waals surface area contributed by atoms with Gasteiger partial charge >= 0.3 is 6.18 Å². The summed E-state index contributed by atoms with van der Waals surface area (Å²) >= 11 is -1.51. The summed E-state index contributed by atoms with van der Waals surface area (Å²) in [5, 5.41) is 4.00. The van der Waals surface area contributed by atoms with E-state index >= 15 is 0 Å². The maximum absolute atomic E-state index is 14.4. The van der Waals surface area contributed by atoms with Crippen molar-refractivity contribution < 1.29 is 26.9 Å². The third-order valence-corrected chi connectivity index (χ3v) is 16.7. The van der Waals surface area contributed by atoms with Gasteiger partial charge in [-0.05, 0) is 71.9 Å². The number of nitrogens with zero attached hydrogens (tertiary/aromatic N) is 3. The third-order valence-electron chi connectivity index (χ3n) is 9.83. The Balaban J connectivity index is 1.48. The zero-order valence-electron chi connectivity index (χ0n) is 32.0. The highest BCUT2D eigenvalue weighted by atomic mass is 32.2. The first-order chi connectivity index (χ1) is 26.0. The summed E-state index contributed by atoms with van der Waals surface area (Å²) in [5.41, 5.74) is 4.16. The summed E-state index contributed by atoms with van der Waals surface area (Å²) in [7, 11) is -2.93. The molecule has 1 N–H and O–H groups in total. The van der Waals surface area contributed by atoms with Gasteiger partial charge in [-0.2, -0.15) is 13.2 Å². The van der Waals surface area contributed by atoms with Crippen LogP contribution in [0.1, 0.15) is 75.6 Å². The molecule has 0 bridgehead atoms. The lowest BCUT2D eigenvalue weighted by Crippen LogP contribution is -2.66. The Labute approximate surface area is 325 Å². The topological polar surface area (TPSA) is 90.4 Å². The molecule has 55 heavy (non-hydrogen) atoms. The Morgan fingerprint density at radius 1 is 0.873 bits per heavy atom. The highest BCUT2D eigenvalue weighted by Crippen LogP contribution is 2.46. The van der Waals surface area contributed by atoms with E-state index in [9.17, 15) is 22.5 Å². The van der Waals surface area contributed by atoms with E-state index < -0.39 is 49.1 Å². The molecule has 1 aliphatic rings. The van der Waals surface area contributed by atoms with Crippen LogP contribution in [0.15, 0.2) is 116 Å². The number of hydrogen-bond acceptors (Lipinski definition) is 6. The molecule has 2 aromatic heterocycles. The first-order valence-corrected chi connectivity index (χ1v) is 21.3. The highest BCUT2D eigenvalue weighted by molar-refractivity contribution is 7.90. The van der Waals surface area contributed by atoms with E-state index in [1.807, 2.05) is 103 Å². The lowest BCUT2D eigenvalue weighted by atomic mass is 9.94. The molecule has 1 aliphatic heterocycles. The number of amides is 1. The molecule has 0 saturated heterocycles. The van der Waals surface area contributed by atoms with Crippen molar-refractivity contribution in [1.29, 1.82) is 0 Å². The highest BCUT2D eigenvalue weighted by Gasteiger charge is 2.51. The van der Waals surface area contributed by atoms with Gasteiger partial charge in [0.05, 0.1) is 18.3 Å². The molecule has 2 unspecified atom stereocenters. The number of halogens is 3. The lowest BCUT2D eigenvalue weighted by molar-refractivity contribution is -0.123. The fourth-order valence-corrected chi connectivity index (χ4v) is 13.4. The second kappa shape index (κ2) is 16.0. The smallest absolute Gasteiger partial charge is 0.405 e. The Kier molecular flexibility index (Phi) is 11.8. The van der Waals surface area contributed by atoms with E-state index in [2.05, 4.69) is 50.0 Å². The molecule has 0 radical (unpaired) electrons. The zero-order valence-corrected chi connectivity index (χ0v) is 33.8. The number of hydrogen-bond donors (Lipinski definition) is 1. The van der Waals surface area contributed by atoms with Crippen LogP contribution in [0.3, 0.4) is 0 Å². The van der Waals surface area contributed by atoms with Crippen LogP contribution in [-0.2, 0) is 22.3 Å². The molecule has 0 saturated carbocycles. The predicted molar refractivity (Wildman–Crippen MR) is 216 cm³/mol. The van der Waals surface area contributed by atoms with Crippen molar-refractivity contribution in [1.82, 2.24) is 19.6 Å². The molecule has 3 aromatic carbocycles. The number of alkyl halides is 3. The normalized spacial score (nSPS) is 15.8. The van der Waals surface area contributed by atoms with Crippen LogP contribution in [-0.4, -0.2) is 57.1 Å². The van der Waals surface area contributed by atoms with Crippen LogP contribution in [0.5, 0.6) is 0 Å². The van der Waals surface area contributed by atoms with Crippen molar-refractivity contribution >= 4 is 36.0 Å². The molecule has 1 amide bonds. The van der Waals surface area contributed by atoms with Crippen molar-refractivity contribution in [3.63, 3.8) is 0 Å². The number of carbonyl (C=O) groups is 1. The minimum atomic E-state index is -4.59. The average Bonchev–Trinajstić information content (AvgIpc) is 3.52. The minimum absolute atomic E-state index is 0.143. The summed E-state index contributed by atoms with van der Waals surface area (Å²) < 4.78 is 62.6. The van der Waals surface area contributed by atoms with Gasteiger partial charge in [0, 0.05) is 47.1 Å². The Hall–Kier alpha value is -4.33. The van der Waals surface area contributed by atoms with Gasteiger partial charge in [-0.1, -0.05) is 106 Å². The molecule has 5 aromatic rings. The molecule has 2 atom stereocenters. The summed E-state index contributed by atoms with van der Waals surface area (Å²) in [4.78, 5) is 22.4.